The van der Waals surface area contributed by atoms with Crippen molar-refractivity contribution in [3.8, 4) is 5.75 Å². The Kier molecular flexibility index (Phi) is 2.50. The maximum Gasteiger partial charge on any atom is 0.124 e. The van der Waals surface area contributed by atoms with Crippen LogP contribution in [0.3, 0.4) is 0 Å². The summed E-state index contributed by atoms with van der Waals surface area (Å²) in [7, 11) is 1.70. The predicted octanol–water partition coefficient (Wildman–Crippen LogP) is 2.55. The minimum atomic E-state index is 0.246. The molecule has 0 N–H and O–H groups in total. The van der Waals surface area contributed by atoms with E-state index < -0.39 is 0 Å². The van der Waals surface area contributed by atoms with Gasteiger partial charge in [0.25, 0.3) is 0 Å². The van der Waals surface area contributed by atoms with Gasteiger partial charge in [-0.1, -0.05) is 18.2 Å². The summed E-state index contributed by atoms with van der Waals surface area (Å²) in [4.78, 5) is 0. The lowest BCUT2D eigenvalue weighted by molar-refractivity contribution is 0.109. The number of ether oxygens (including phenoxy) is 2. The first kappa shape index (κ1) is 8.57. The summed E-state index contributed by atoms with van der Waals surface area (Å²) < 4.78 is 10.9. The molecule has 1 heterocycles. The first-order valence-electron chi connectivity index (χ1n) is 4.66. The second kappa shape index (κ2) is 3.79. The Morgan fingerprint density at radius 3 is 2.92 bits per heavy atom. The summed E-state index contributed by atoms with van der Waals surface area (Å²) in [6.45, 7) is 0.878. The van der Waals surface area contributed by atoms with Crippen LogP contribution in [0.25, 0.3) is 0 Å². The second-order valence-corrected chi connectivity index (χ2v) is 3.24. The van der Waals surface area contributed by atoms with E-state index in [1.165, 1.54) is 5.56 Å². The zero-order valence-electron chi connectivity index (χ0n) is 7.82. The van der Waals surface area contributed by atoms with Crippen LogP contribution in [0.4, 0.5) is 0 Å². The van der Waals surface area contributed by atoms with Crippen LogP contribution in [0.1, 0.15) is 24.5 Å². The zero-order chi connectivity index (χ0) is 9.10. The van der Waals surface area contributed by atoms with Crippen molar-refractivity contribution in [2.45, 2.75) is 18.9 Å². The molecular weight excluding hydrogens is 164 g/mol. The van der Waals surface area contributed by atoms with Gasteiger partial charge in [-0.05, 0) is 18.9 Å². The number of hydrogen-bond acceptors (Lipinski definition) is 2. The highest BCUT2D eigenvalue weighted by atomic mass is 16.5. The van der Waals surface area contributed by atoms with E-state index in [4.69, 9.17) is 9.47 Å². The average Bonchev–Trinajstić information content (AvgIpc) is 2.70. The van der Waals surface area contributed by atoms with Crippen LogP contribution in [0.5, 0.6) is 5.75 Å². The van der Waals surface area contributed by atoms with Crippen LogP contribution >= 0.6 is 0 Å². The fourth-order valence-corrected chi connectivity index (χ4v) is 1.76. The van der Waals surface area contributed by atoms with Gasteiger partial charge < -0.3 is 9.47 Å². The SMILES string of the molecule is COc1ccccc1C1CCCO1. The highest BCUT2D eigenvalue weighted by Crippen LogP contribution is 2.33. The molecule has 0 radical (unpaired) electrons. The van der Waals surface area contributed by atoms with Crippen molar-refractivity contribution in [1.29, 1.82) is 0 Å². The van der Waals surface area contributed by atoms with Crippen molar-refractivity contribution in [3.05, 3.63) is 29.8 Å². The van der Waals surface area contributed by atoms with E-state index in [-0.39, 0.29) is 6.10 Å². The minimum Gasteiger partial charge on any atom is -0.496 e. The van der Waals surface area contributed by atoms with Crippen molar-refractivity contribution in [2.24, 2.45) is 0 Å². The van der Waals surface area contributed by atoms with E-state index in [1.54, 1.807) is 7.11 Å². The molecule has 1 aromatic carbocycles. The highest BCUT2D eigenvalue weighted by molar-refractivity contribution is 5.35. The minimum absolute atomic E-state index is 0.246. The van der Waals surface area contributed by atoms with Crippen molar-refractivity contribution in [3.63, 3.8) is 0 Å². The molecule has 1 saturated heterocycles. The molecule has 1 atom stereocenters. The third-order valence-corrected chi connectivity index (χ3v) is 2.42. The fraction of sp³-hybridized carbons (Fsp3) is 0.455. The lowest BCUT2D eigenvalue weighted by atomic mass is 10.1. The number of hydrogen-bond donors (Lipinski definition) is 0. The smallest absolute Gasteiger partial charge is 0.124 e. The molecule has 0 spiro atoms. The first-order valence-corrected chi connectivity index (χ1v) is 4.66. The molecule has 2 nitrogen and oxygen atoms in total. The van der Waals surface area contributed by atoms with Gasteiger partial charge in [-0.25, -0.2) is 0 Å². The summed E-state index contributed by atoms with van der Waals surface area (Å²) in [5, 5.41) is 0. The molecule has 0 bridgehead atoms. The Bertz CT molecular complexity index is 277. The van der Waals surface area contributed by atoms with E-state index in [2.05, 4.69) is 6.07 Å². The molecule has 1 aromatic rings. The number of methoxy groups -OCH3 is 1. The Hall–Kier alpha value is -1.02. The molecule has 2 rings (SSSR count). The molecule has 13 heavy (non-hydrogen) atoms. The van der Waals surface area contributed by atoms with Crippen LogP contribution in [0.2, 0.25) is 0 Å². The molecule has 1 unspecified atom stereocenters. The molecular formula is C11H14O2. The Labute approximate surface area is 78.5 Å². The standard InChI is InChI=1S/C11H14O2/c1-12-10-6-3-2-5-9(10)11-7-4-8-13-11/h2-3,5-6,11H,4,7-8H2,1H3. The fourth-order valence-electron chi connectivity index (χ4n) is 1.76. The molecule has 0 amide bonds. The van der Waals surface area contributed by atoms with Gasteiger partial charge in [0.2, 0.25) is 0 Å². The second-order valence-electron chi connectivity index (χ2n) is 3.24. The summed E-state index contributed by atoms with van der Waals surface area (Å²) in [5.74, 6) is 0.939. The molecule has 1 fully saturated rings. The van der Waals surface area contributed by atoms with E-state index in [9.17, 15) is 0 Å². The molecule has 0 saturated carbocycles. The average molecular weight is 178 g/mol. The van der Waals surface area contributed by atoms with Crippen molar-refractivity contribution < 1.29 is 9.47 Å². The largest absolute Gasteiger partial charge is 0.496 e. The number of rotatable bonds is 2. The van der Waals surface area contributed by atoms with Gasteiger partial charge in [-0.3, -0.25) is 0 Å². The van der Waals surface area contributed by atoms with E-state index >= 15 is 0 Å². The maximum atomic E-state index is 5.60. The Morgan fingerprint density at radius 1 is 1.38 bits per heavy atom. The van der Waals surface area contributed by atoms with Gasteiger partial charge in [0.1, 0.15) is 5.75 Å². The van der Waals surface area contributed by atoms with Crippen LogP contribution in [-0.4, -0.2) is 13.7 Å². The van der Waals surface area contributed by atoms with Crippen LogP contribution < -0.4 is 4.74 Å². The predicted molar refractivity (Wildman–Crippen MR) is 50.9 cm³/mol. The van der Waals surface area contributed by atoms with Crippen LogP contribution in [-0.2, 0) is 4.74 Å². The molecule has 2 heteroatoms. The molecule has 0 aromatic heterocycles. The Morgan fingerprint density at radius 2 is 2.23 bits per heavy atom. The number of para-hydroxylation sites is 1. The molecule has 0 aliphatic carbocycles. The first-order chi connectivity index (χ1) is 6.42. The van der Waals surface area contributed by atoms with Crippen molar-refractivity contribution in [2.75, 3.05) is 13.7 Å². The van der Waals surface area contributed by atoms with Gasteiger partial charge in [0.05, 0.1) is 13.2 Å². The lowest BCUT2D eigenvalue weighted by Gasteiger charge is -2.13. The van der Waals surface area contributed by atoms with E-state index in [1.807, 2.05) is 18.2 Å². The monoisotopic (exact) mass is 178 g/mol. The van der Waals surface area contributed by atoms with Gasteiger partial charge >= 0.3 is 0 Å². The zero-order valence-corrected chi connectivity index (χ0v) is 7.82. The van der Waals surface area contributed by atoms with Crippen molar-refractivity contribution >= 4 is 0 Å². The summed E-state index contributed by atoms with van der Waals surface area (Å²) in [5.41, 5.74) is 1.18. The molecule has 1 aliphatic rings. The van der Waals surface area contributed by atoms with Gasteiger partial charge in [0, 0.05) is 12.2 Å². The third kappa shape index (κ3) is 1.68. The van der Waals surface area contributed by atoms with Crippen LogP contribution in [0, 0.1) is 0 Å². The summed E-state index contributed by atoms with van der Waals surface area (Å²) in [6.07, 6.45) is 2.51. The Balaban J connectivity index is 2.26. The lowest BCUT2D eigenvalue weighted by Crippen LogP contribution is -1.98. The summed E-state index contributed by atoms with van der Waals surface area (Å²) in [6, 6.07) is 8.07. The van der Waals surface area contributed by atoms with Crippen molar-refractivity contribution in [1.82, 2.24) is 0 Å². The van der Waals surface area contributed by atoms with E-state index in [0.717, 1.165) is 25.2 Å². The third-order valence-electron chi connectivity index (χ3n) is 2.42. The quantitative estimate of drug-likeness (QED) is 0.692. The van der Waals surface area contributed by atoms with Gasteiger partial charge in [0.15, 0.2) is 0 Å². The van der Waals surface area contributed by atoms with Crippen LogP contribution in [0.15, 0.2) is 24.3 Å². The maximum absolute atomic E-state index is 5.60. The van der Waals surface area contributed by atoms with Gasteiger partial charge in [-0.2, -0.15) is 0 Å². The number of benzene rings is 1. The van der Waals surface area contributed by atoms with Gasteiger partial charge in [-0.15, -0.1) is 0 Å². The normalized spacial score (nSPS) is 21.8. The molecule has 70 valence electrons. The van der Waals surface area contributed by atoms with E-state index in [0.29, 0.717) is 0 Å². The molecule has 1 aliphatic heterocycles. The topological polar surface area (TPSA) is 18.5 Å². The highest BCUT2D eigenvalue weighted by Gasteiger charge is 2.20. The summed E-state index contributed by atoms with van der Waals surface area (Å²) >= 11 is 0.